The number of amides is 3. The zero-order valence-electron chi connectivity index (χ0n) is 20.7. The number of nitrogens with zero attached hydrogens (tertiary/aromatic N) is 2. The van der Waals surface area contributed by atoms with Gasteiger partial charge in [-0.25, -0.2) is 4.79 Å². The number of carbonyl (C=O) groups excluding carboxylic acids is 2. The van der Waals surface area contributed by atoms with Crippen molar-refractivity contribution in [2.75, 3.05) is 11.9 Å². The lowest BCUT2D eigenvalue weighted by Crippen LogP contribution is -2.47. The van der Waals surface area contributed by atoms with Gasteiger partial charge < -0.3 is 19.5 Å². The fraction of sp³-hybridized carbons (Fsp3) is 0.357. The Morgan fingerprint density at radius 1 is 0.882 bits per heavy atom. The lowest BCUT2D eigenvalue weighted by atomic mass is 10.0. The summed E-state index contributed by atoms with van der Waals surface area (Å²) in [6.45, 7) is 10.7. The molecule has 0 saturated carbocycles. The maximum absolute atomic E-state index is 13.4. The van der Waals surface area contributed by atoms with Crippen molar-refractivity contribution in [3.63, 3.8) is 0 Å². The van der Waals surface area contributed by atoms with Crippen LogP contribution in [0.1, 0.15) is 56.3 Å². The van der Waals surface area contributed by atoms with Crippen LogP contribution in [0.2, 0.25) is 0 Å². The Hall–Kier alpha value is -3.54. The van der Waals surface area contributed by atoms with E-state index in [1.165, 1.54) is 5.56 Å². The molecule has 0 aliphatic rings. The number of furan rings is 1. The van der Waals surface area contributed by atoms with Crippen molar-refractivity contribution in [1.29, 1.82) is 0 Å². The molecule has 1 aromatic heterocycles. The molecular weight excluding hydrogens is 426 g/mol. The van der Waals surface area contributed by atoms with Crippen LogP contribution in [-0.2, 0) is 17.9 Å². The highest BCUT2D eigenvalue weighted by molar-refractivity contribution is 5.92. The lowest BCUT2D eigenvalue weighted by Gasteiger charge is -2.30. The van der Waals surface area contributed by atoms with Crippen molar-refractivity contribution >= 4 is 17.6 Å². The van der Waals surface area contributed by atoms with Crippen molar-refractivity contribution in [2.24, 2.45) is 0 Å². The summed E-state index contributed by atoms with van der Waals surface area (Å²) in [4.78, 5) is 29.8. The monoisotopic (exact) mass is 461 g/mol. The predicted octanol–water partition coefficient (Wildman–Crippen LogP) is 6.18. The van der Waals surface area contributed by atoms with E-state index < -0.39 is 0 Å². The van der Waals surface area contributed by atoms with Gasteiger partial charge >= 0.3 is 6.03 Å². The van der Waals surface area contributed by atoms with Gasteiger partial charge in [0, 0.05) is 18.3 Å². The van der Waals surface area contributed by atoms with Crippen molar-refractivity contribution in [3.05, 3.63) is 89.4 Å². The van der Waals surface area contributed by atoms with E-state index in [9.17, 15) is 9.59 Å². The molecule has 180 valence electrons. The fourth-order valence-electron chi connectivity index (χ4n) is 3.68. The number of urea groups is 1. The van der Waals surface area contributed by atoms with Gasteiger partial charge in [-0.15, -0.1) is 0 Å². The van der Waals surface area contributed by atoms with Crippen molar-refractivity contribution in [2.45, 2.75) is 59.7 Å². The maximum atomic E-state index is 13.4. The Labute approximate surface area is 202 Å². The van der Waals surface area contributed by atoms with Crippen LogP contribution in [0.15, 0.2) is 71.1 Å². The molecule has 0 aliphatic carbocycles. The zero-order valence-corrected chi connectivity index (χ0v) is 20.7. The summed E-state index contributed by atoms with van der Waals surface area (Å²) in [6, 6.07) is 21.0. The lowest BCUT2D eigenvalue weighted by molar-refractivity contribution is -0.133. The highest BCUT2D eigenvalue weighted by atomic mass is 16.3. The molecule has 2 aromatic carbocycles. The number of benzene rings is 2. The van der Waals surface area contributed by atoms with E-state index in [4.69, 9.17) is 4.42 Å². The van der Waals surface area contributed by atoms with E-state index in [1.807, 2.05) is 87.5 Å². The summed E-state index contributed by atoms with van der Waals surface area (Å²) in [7, 11) is 0. The molecule has 3 rings (SSSR count). The molecule has 0 radical (unpaired) electrons. The third-order valence-electron chi connectivity index (χ3n) is 5.73. The van der Waals surface area contributed by atoms with Crippen LogP contribution in [0, 0.1) is 6.92 Å². The third-order valence-corrected chi connectivity index (χ3v) is 5.73. The Kier molecular flexibility index (Phi) is 8.52. The van der Waals surface area contributed by atoms with E-state index in [0.29, 0.717) is 30.5 Å². The highest BCUT2D eigenvalue weighted by Gasteiger charge is 2.24. The van der Waals surface area contributed by atoms with Gasteiger partial charge in [-0.1, -0.05) is 56.3 Å². The second-order valence-electron chi connectivity index (χ2n) is 9.18. The largest absolute Gasteiger partial charge is 0.464 e. The van der Waals surface area contributed by atoms with Crippen LogP contribution in [-0.4, -0.2) is 34.3 Å². The van der Waals surface area contributed by atoms with E-state index in [1.54, 1.807) is 9.80 Å². The zero-order chi connectivity index (χ0) is 24.7. The third kappa shape index (κ3) is 6.98. The van der Waals surface area contributed by atoms with E-state index in [-0.39, 0.29) is 24.5 Å². The van der Waals surface area contributed by atoms with Crippen LogP contribution in [0.5, 0.6) is 0 Å². The SMILES string of the molecule is Cc1ccc(CN(Cc2ccccc2)C(=O)CN(C(=O)Nc2ccc(C(C)C)cc2)C(C)C)o1. The Bertz CT molecular complexity index is 1070. The quantitative estimate of drug-likeness (QED) is 0.414. The minimum Gasteiger partial charge on any atom is -0.464 e. The first-order valence-corrected chi connectivity index (χ1v) is 11.8. The van der Waals surface area contributed by atoms with Crippen LogP contribution in [0.25, 0.3) is 0 Å². The topological polar surface area (TPSA) is 65.8 Å². The first kappa shape index (κ1) is 25.1. The molecule has 0 aliphatic heterocycles. The molecular formula is C28H35N3O3. The van der Waals surface area contributed by atoms with Crippen molar-refractivity contribution < 1.29 is 14.0 Å². The van der Waals surface area contributed by atoms with Gasteiger partial charge in [-0.05, 0) is 62.1 Å². The van der Waals surface area contributed by atoms with Gasteiger partial charge in [0.05, 0.1) is 6.54 Å². The Balaban J connectivity index is 1.73. The van der Waals surface area contributed by atoms with Gasteiger partial charge in [0.1, 0.15) is 18.1 Å². The molecule has 0 atom stereocenters. The smallest absolute Gasteiger partial charge is 0.322 e. The molecule has 6 nitrogen and oxygen atoms in total. The molecule has 3 amide bonds. The summed E-state index contributed by atoms with van der Waals surface area (Å²) in [5, 5.41) is 2.93. The van der Waals surface area contributed by atoms with E-state index >= 15 is 0 Å². The first-order chi connectivity index (χ1) is 16.2. The molecule has 6 heteroatoms. The number of anilines is 1. The second-order valence-corrected chi connectivity index (χ2v) is 9.18. The van der Waals surface area contributed by atoms with Gasteiger partial charge in [0.2, 0.25) is 5.91 Å². The number of nitrogens with one attached hydrogen (secondary N) is 1. The normalized spacial score (nSPS) is 11.0. The van der Waals surface area contributed by atoms with Crippen molar-refractivity contribution in [3.8, 4) is 0 Å². The Morgan fingerprint density at radius 3 is 2.12 bits per heavy atom. The standard InChI is InChI=1S/C28H35N3O3/c1-20(2)24-12-14-25(15-13-24)29-28(33)31(21(3)4)19-27(32)30(17-23-9-7-6-8-10-23)18-26-16-11-22(5)34-26/h6-16,20-21H,17-19H2,1-5H3,(H,29,33). The molecule has 1 N–H and O–H groups in total. The summed E-state index contributed by atoms with van der Waals surface area (Å²) >= 11 is 0. The van der Waals surface area contributed by atoms with Gasteiger partial charge in [0.25, 0.3) is 0 Å². The van der Waals surface area contributed by atoms with Gasteiger partial charge in [-0.2, -0.15) is 0 Å². The van der Waals surface area contributed by atoms with Crippen LogP contribution >= 0.6 is 0 Å². The summed E-state index contributed by atoms with van der Waals surface area (Å²) in [6.07, 6.45) is 0. The molecule has 0 unspecified atom stereocenters. The van der Waals surface area contributed by atoms with E-state index in [0.717, 1.165) is 11.3 Å². The highest BCUT2D eigenvalue weighted by Crippen LogP contribution is 2.18. The molecule has 1 heterocycles. The predicted molar refractivity (Wildman–Crippen MR) is 136 cm³/mol. The molecule has 0 bridgehead atoms. The summed E-state index contributed by atoms with van der Waals surface area (Å²) in [5.41, 5.74) is 2.93. The Morgan fingerprint density at radius 2 is 1.56 bits per heavy atom. The average Bonchev–Trinajstić information content (AvgIpc) is 3.22. The van der Waals surface area contributed by atoms with Crippen LogP contribution in [0.4, 0.5) is 10.5 Å². The van der Waals surface area contributed by atoms with Crippen molar-refractivity contribution in [1.82, 2.24) is 9.80 Å². The van der Waals surface area contributed by atoms with Gasteiger partial charge in [0.15, 0.2) is 0 Å². The van der Waals surface area contributed by atoms with Crippen LogP contribution < -0.4 is 5.32 Å². The van der Waals surface area contributed by atoms with Crippen LogP contribution in [0.3, 0.4) is 0 Å². The molecule has 0 saturated heterocycles. The molecule has 34 heavy (non-hydrogen) atoms. The molecule has 0 spiro atoms. The number of aryl methyl sites for hydroxylation is 1. The maximum Gasteiger partial charge on any atom is 0.322 e. The second kappa shape index (κ2) is 11.5. The molecule has 0 fully saturated rings. The van der Waals surface area contributed by atoms with Gasteiger partial charge in [-0.3, -0.25) is 4.79 Å². The average molecular weight is 462 g/mol. The number of hydrogen-bond donors (Lipinski definition) is 1. The minimum absolute atomic E-state index is 0.0277. The fourth-order valence-corrected chi connectivity index (χ4v) is 3.68. The minimum atomic E-state index is -0.297. The summed E-state index contributed by atoms with van der Waals surface area (Å²) in [5.74, 6) is 1.79. The number of rotatable bonds is 9. The van der Waals surface area contributed by atoms with E-state index in [2.05, 4.69) is 19.2 Å². The number of carbonyl (C=O) groups is 2. The number of hydrogen-bond acceptors (Lipinski definition) is 3. The first-order valence-electron chi connectivity index (χ1n) is 11.8. The molecule has 3 aromatic rings. The summed E-state index contributed by atoms with van der Waals surface area (Å²) < 4.78 is 5.72.